The Morgan fingerprint density at radius 1 is 1.00 bits per heavy atom. The summed E-state index contributed by atoms with van der Waals surface area (Å²) in [7, 11) is 0. The average molecular weight is 409 g/mol. The number of amides is 3. The monoisotopic (exact) mass is 409 g/mol. The summed E-state index contributed by atoms with van der Waals surface area (Å²) in [6, 6.07) is 16.0. The minimum absolute atomic E-state index is 0.277. The predicted octanol–water partition coefficient (Wildman–Crippen LogP) is 3.83. The van der Waals surface area contributed by atoms with Crippen LogP contribution < -0.4 is 16.2 Å². The second-order valence-corrected chi connectivity index (χ2v) is 7.85. The van der Waals surface area contributed by atoms with Gasteiger partial charge in [-0.15, -0.1) is 0 Å². The van der Waals surface area contributed by atoms with Gasteiger partial charge in [-0.3, -0.25) is 14.9 Å². The highest BCUT2D eigenvalue weighted by Crippen LogP contribution is 2.22. The van der Waals surface area contributed by atoms with Crippen LogP contribution in [-0.4, -0.2) is 21.7 Å². The zero-order valence-corrected chi connectivity index (χ0v) is 17.1. The Morgan fingerprint density at radius 3 is 2.30 bits per heavy atom. The van der Waals surface area contributed by atoms with Gasteiger partial charge in [-0.05, 0) is 35.9 Å². The number of hydrogen-bond donors (Lipinski definition) is 3. The highest BCUT2D eigenvalue weighted by atomic mass is 19.1. The van der Waals surface area contributed by atoms with E-state index in [0.29, 0.717) is 5.69 Å². The maximum Gasteiger partial charge on any atom is 0.337 e. The van der Waals surface area contributed by atoms with Gasteiger partial charge < -0.3 is 5.32 Å². The maximum atomic E-state index is 13.2. The number of halogens is 1. The number of carbonyl (C=O) groups excluding carboxylic acids is 2. The van der Waals surface area contributed by atoms with E-state index in [1.165, 1.54) is 12.1 Å². The molecular weight excluding hydrogens is 385 g/mol. The second-order valence-electron chi connectivity index (χ2n) is 7.85. The van der Waals surface area contributed by atoms with Gasteiger partial charge in [-0.1, -0.05) is 51.1 Å². The molecule has 3 aromatic rings. The number of carbonyl (C=O) groups is 2. The third kappa shape index (κ3) is 5.44. The van der Waals surface area contributed by atoms with Crippen LogP contribution in [0.4, 0.5) is 14.9 Å². The largest absolute Gasteiger partial charge is 0.337 e. The molecular formula is C22H24FN5O2. The summed E-state index contributed by atoms with van der Waals surface area (Å²) in [6.07, 6.45) is 0. The lowest BCUT2D eigenvalue weighted by atomic mass is 9.92. The van der Waals surface area contributed by atoms with E-state index in [-0.39, 0.29) is 23.5 Å². The summed E-state index contributed by atoms with van der Waals surface area (Å²) in [6.45, 7) is 6.26. The van der Waals surface area contributed by atoms with E-state index < -0.39 is 11.9 Å². The van der Waals surface area contributed by atoms with Gasteiger partial charge in [0.1, 0.15) is 11.5 Å². The number of nitrogens with one attached hydrogen (secondary N) is 3. The van der Waals surface area contributed by atoms with Gasteiger partial charge in [0.05, 0.1) is 12.2 Å². The van der Waals surface area contributed by atoms with Crippen LogP contribution in [0.5, 0.6) is 0 Å². The Kier molecular flexibility index (Phi) is 6.15. The van der Waals surface area contributed by atoms with Gasteiger partial charge in [0.15, 0.2) is 0 Å². The van der Waals surface area contributed by atoms with E-state index in [1.54, 1.807) is 47.1 Å². The van der Waals surface area contributed by atoms with E-state index in [1.807, 2.05) is 26.8 Å². The van der Waals surface area contributed by atoms with Crippen molar-refractivity contribution in [3.05, 3.63) is 83.4 Å². The molecule has 8 heteroatoms. The van der Waals surface area contributed by atoms with Crippen LogP contribution in [0, 0.1) is 5.82 Å². The third-order valence-corrected chi connectivity index (χ3v) is 4.35. The van der Waals surface area contributed by atoms with Crippen molar-refractivity contribution in [1.82, 2.24) is 20.6 Å². The number of anilines is 1. The number of para-hydroxylation sites is 1. The zero-order chi connectivity index (χ0) is 21.7. The minimum atomic E-state index is -0.574. The number of rotatable bonds is 4. The molecule has 3 rings (SSSR count). The summed E-state index contributed by atoms with van der Waals surface area (Å²) in [5.74, 6) is -0.843. The quantitative estimate of drug-likeness (QED) is 0.572. The van der Waals surface area contributed by atoms with Crippen molar-refractivity contribution in [2.45, 2.75) is 32.7 Å². The Balaban J connectivity index is 1.73. The van der Waals surface area contributed by atoms with Crippen molar-refractivity contribution in [2.24, 2.45) is 0 Å². The molecule has 2 aromatic carbocycles. The summed E-state index contributed by atoms with van der Waals surface area (Å²) < 4.78 is 14.7. The Bertz CT molecular complexity index is 1020. The molecule has 1 heterocycles. The zero-order valence-electron chi connectivity index (χ0n) is 17.1. The summed E-state index contributed by atoms with van der Waals surface area (Å²) in [4.78, 5) is 24.8. The van der Waals surface area contributed by atoms with Gasteiger partial charge in [0.2, 0.25) is 0 Å². The van der Waals surface area contributed by atoms with Crippen LogP contribution in [0.1, 0.15) is 42.5 Å². The van der Waals surface area contributed by atoms with E-state index in [4.69, 9.17) is 0 Å². The Hall–Kier alpha value is -3.68. The Morgan fingerprint density at radius 2 is 1.67 bits per heavy atom. The molecule has 0 radical (unpaired) electrons. The van der Waals surface area contributed by atoms with Gasteiger partial charge in [-0.2, -0.15) is 5.10 Å². The molecule has 156 valence electrons. The van der Waals surface area contributed by atoms with Crippen molar-refractivity contribution in [3.63, 3.8) is 0 Å². The molecule has 0 atom stereocenters. The molecule has 3 amide bonds. The first kappa shape index (κ1) is 21.0. The molecule has 0 saturated heterocycles. The maximum absolute atomic E-state index is 13.2. The number of urea groups is 1. The van der Waals surface area contributed by atoms with Crippen LogP contribution in [0.25, 0.3) is 0 Å². The van der Waals surface area contributed by atoms with Crippen LogP contribution in [0.15, 0.2) is 60.7 Å². The van der Waals surface area contributed by atoms with Crippen LogP contribution in [0.2, 0.25) is 0 Å². The highest BCUT2D eigenvalue weighted by molar-refractivity contribution is 5.96. The highest BCUT2D eigenvalue weighted by Gasteiger charge is 2.23. The number of nitrogens with zero attached hydrogens (tertiary/aromatic N) is 2. The van der Waals surface area contributed by atoms with Crippen molar-refractivity contribution < 1.29 is 14.0 Å². The molecule has 0 unspecified atom stereocenters. The van der Waals surface area contributed by atoms with Crippen molar-refractivity contribution >= 4 is 17.6 Å². The molecule has 0 saturated carbocycles. The SMILES string of the molecule is CC(C)(C)c1cc(C(=O)NNC(=O)Nc2ccccc2)n(Cc2ccc(F)cc2)n1. The number of aromatic nitrogens is 2. The molecule has 0 aliphatic heterocycles. The first-order chi connectivity index (χ1) is 14.2. The first-order valence-electron chi connectivity index (χ1n) is 9.47. The lowest BCUT2D eigenvalue weighted by Crippen LogP contribution is -2.44. The van der Waals surface area contributed by atoms with Crippen LogP contribution in [0.3, 0.4) is 0 Å². The molecule has 0 bridgehead atoms. The van der Waals surface area contributed by atoms with E-state index in [2.05, 4.69) is 21.3 Å². The Labute approximate surface area is 174 Å². The van der Waals surface area contributed by atoms with Gasteiger partial charge in [-0.25, -0.2) is 14.6 Å². The third-order valence-electron chi connectivity index (χ3n) is 4.35. The minimum Gasteiger partial charge on any atom is -0.307 e. The number of hydrazine groups is 1. The smallest absolute Gasteiger partial charge is 0.307 e. The predicted molar refractivity (Wildman–Crippen MR) is 112 cm³/mol. The van der Waals surface area contributed by atoms with Crippen LogP contribution >= 0.6 is 0 Å². The molecule has 0 spiro atoms. The molecule has 0 aliphatic carbocycles. The van der Waals surface area contributed by atoms with Gasteiger partial charge in [0, 0.05) is 11.1 Å². The van der Waals surface area contributed by atoms with Gasteiger partial charge >= 0.3 is 6.03 Å². The van der Waals surface area contributed by atoms with E-state index >= 15 is 0 Å². The molecule has 0 aliphatic rings. The fraction of sp³-hybridized carbons (Fsp3) is 0.227. The van der Waals surface area contributed by atoms with E-state index in [9.17, 15) is 14.0 Å². The fourth-order valence-electron chi connectivity index (χ4n) is 2.71. The van der Waals surface area contributed by atoms with Gasteiger partial charge in [0.25, 0.3) is 5.91 Å². The first-order valence-corrected chi connectivity index (χ1v) is 9.47. The van der Waals surface area contributed by atoms with Crippen LogP contribution in [-0.2, 0) is 12.0 Å². The van der Waals surface area contributed by atoms with Crippen molar-refractivity contribution in [3.8, 4) is 0 Å². The summed E-state index contributed by atoms with van der Waals surface area (Å²) >= 11 is 0. The molecule has 1 aromatic heterocycles. The second kappa shape index (κ2) is 8.77. The topological polar surface area (TPSA) is 88.0 Å². The van der Waals surface area contributed by atoms with E-state index in [0.717, 1.165) is 11.3 Å². The number of hydrogen-bond acceptors (Lipinski definition) is 3. The lowest BCUT2D eigenvalue weighted by molar-refractivity contribution is 0.0927. The van der Waals surface area contributed by atoms with Crippen molar-refractivity contribution in [1.29, 1.82) is 0 Å². The average Bonchev–Trinajstić information content (AvgIpc) is 3.13. The number of benzene rings is 2. The fourth-order valence-corrected chi connectivity index (χ4v) is 2.71. The molecule has 0 fully saturated rings. The van der Waals surface area contributed by atoms with Crippen molar-refractivity contribution in [2.75, 3.05) is 5.32 Å². The summed E-state index contributed by atoms with van der Waals surface area (Å²) in [5.41, 5.74) is 6.86. The summed E-state index contributed by atoms with van der Waals surface area (Å²) in [5, 5.41) is 7.16. The lowest BCUT2D eigenvalue weighted by Gasteiger charge is -2.14. The molecule has 30 heavy (non-hydrogen) atoms. The molecule has 7 nitrogen and oxygen atoms in total. The molecule has 3 N–H and O–H groups in total. The standard InChI is InChI=1S/C22H24FN5O2/c1-22(2,3)19-13-18(28(27-19)14-15-9-11-16(23)12-10-15)20(29)25-26-21(30)24-17-7-5-4-6-8-17/h4-13H,14H2,1-3H3,(H,25,29)(H2,24,26,30). The normalized spacial score (nSPS) is 11.1.